The molecule has 1 saturated heterocycles. The van der Waals surface area contributed by atoms with Gasteiger partial charge in [-0.25, -0.2) is 12.8 Å². The summed E-state index contributed by atoms with van der Waals surface area (Å²) < 4.78 is 47.2. The Bertz CT molecular complexity index is 926. The summed E-state index contributed by atoms with van der Waals surface area (Å²) in [6, 6.07) is 3.64. The van der Waals surface area contributed by atoms with Gasteiger partial charge in [0.15, 0.2) is 0 Å². The number of H-pyrrole nitrogens is 1. The van der Waals surface area contributed by atoms with Crippen LogP contribution >= 0.6 is 0 Å². The van der Waals surface area contributed by atoms with Crippen molar-refractivity contribution in [2.75, 3.05) is 13.2 Å². The third-order valence-corrected chi connectivity index (χ3v) is 7.14. The van der Waals surface area contributed by atoms with Gasteiger partial charge in [0, 0.05) is 24.2 Å². The first-order valence-corrected chi connectivity index (χ1v) is 10.3. The number of aromatic amines is 1. The first kappa shape index (κ1) is 17.6. The number of halogens is 1. The third-order valence-electron chi connectivity index (χ3n) is 5.23. The average molecular weight is 379 g/mol. The molecule has 140 valence electrons. The van der Waals surface area contributed by atoms with E-state index in [9.17, 15) is 12.8 Å². The van der Waals surface area contributed by atoms with Gasteiger partial charge in [0.1, 0.15) is 5.82 Å². The number of fused-ring (bicyclic) bond motifs is 1. The Hall–Kier alpha value is -1.77. The van der Waals surface area contributed by atoms with Gasteiger partial charge in [0.05, 0.1) is 29.8 Å². The van der Waals surface area contributed by atoms with E-state index < -0.39 is 15.8 Å². The number of aromatic nitrogens is 2. The number of ether oxygens (including phenoxy) is 1. The largest absolute Gasteiger partial charge is 0.376 e. The lowest BCUT2D eigenvalue weighted by molar-refractivity contribution is 0.108. The summed E-state index contributed by atoms with van der Waals surface area (Å²) in [6.45, 7) is 3.12. The molecule has 2 aromatic rings. The molecule has 0 spiro atoms. The lowest BCUT2D eigenvalue weighted by Crippen LogP contribution is -2.39. The van der Waals surface area contributed by atoms with E-state index in [-0.39, 0.29) is 10.9 Å². The fourth-order valence-corrected chi connectivity index (χ4v) is 5.53. The van der Waals surface area contributed by atoms with Gasteiger partial charge in [-0.3, -0.25) is 5.10 Å². The molecule has 1 aromatic carbocycles. The normalized spacial score (nSPS) is 21.5. The molecule has 0 bridgehead atoms. The number of piperidine rings is 1. The van der Waals surface area contributed by atoms with E-state index in [1.165, 1.54) is 22.5 Å². The number of benzene rings is 1. The molecule has 0 aliphatic carbocycles. The lowest BCUT2D eigenvalue weighted by Gasteiger charge is -2.34. The lowest BCUT2D eigenvalue weighted by atomic mass is 9.97. The molecular weight excluding hydrogens is 357 g/mol. The SMILES string of the molecule is Cc1cc(S(=O)(=O)N2CCCCC2c2n[nH]c3c2COCC3)ccc1F. The Balaban J connectivity index is 1.73. The number of nitrogens with one attached hydrogen (secondary N) is 1. The van der Waals surface area contributed by atoms with Gasteiger partial charge in [-0.05, 0) is 43.5 Å². The second-order valence-electron chi connectivity index (χ2n) is 6.91. The van der Waals surface area contributed by atoms with Crippen molar-refractivity contribution in [2.24, 2.45) is 0 Å². The highest BCUT2D eigenvalue weighted by Crippen LogP contribution is 2.37. The van der Waals surface area contributed by atoms with Crippen molar-refractivity contribution in [1.29, 1.82) is 0 Å². The monoisotopic (exact) mass is 379 g/mol. The van der Waals surface area contributed by atoms with Crippen LogP contribution in [-0.2, 0) is 27.8 Å². The minimum Gasteiger partial charge on any atom is -0.376 e. The van der Waals surface area contributed by atoms with Crippen molar-refractivity contribution in [3.8, 4) is 0 Å². The summed E-state index contributed by atoms with van der Waals surface area (Å²) in [4.78, 5) is 0.129. The predicted octanol–water partition coefficient (Wildman–Crippen LogP) is 2.85. The number of rotatable bonds is 3. The highest BCUT2D eigenvalue weighted by molar-refractivity contribution is 7.89. The van der Waals surface area contributed by atoms with Gasteiger partial charge in [-0.1, -0.05) is 6.42 Å². The smallest absolute Gasteiger partial charge is 0.243 e. The second kappa shape index (κ2) is 6.75. The van der Waals surface area contributed by atoms with Crippen molar-refractivity contribution in [3.05, 3.63) is 46.5 Å². The molecule has 0 radical (unpaired) electrons. The molecule has 1 atom stereocenters. The summed E-state index contributed by atoms with van der Waals surface area (Å²) in [5.74, 6) is -0.405. The zero-order valence-corrected chi connectivity index (χ0v) is 15.5. The van der Waals surface area contributed by atoms with Crippen LogP contribution in [0.15, 0.2) is 23.1 Å². The Morgan fingerprint density at radius 3 is 3.00 bits per heavy atom. The molecular formula is C18H22FN3O3S. The van der Waals surface area contributed by atoms with Crippen LogP contribution in [0.1, 0.15) is 47.8 Å². The number of aryl methyl sites for hydroxylation is 1. The summed E-state index contributed by atoms with van der Waals surface area (Å²) in [7, 11) is -3.73. The maximum absolute atomic E-state index is 13.6. The van der Waals surface area contributed by atoms with Crippen LogP contribution in [0.3, 0.4) is 0 Å². The van der Waals surface area contributed by atoms with Crippen LogP contribution in [0, 0.1) is 12.7 Å². The quantitative estimate of drug-likeness (QED) is 0.890. The van der Waals surface area contributed by atoms with Gasteiger partial charge in [0.25, 0.3) is 0 Å². The maximum Gasteiger partial charge on any atom is 0.243 e. The van der Waals surface area contributed by atoms with Crippen molar-refractivity contribution < 1.29 is 17.5 Å². The molecule has 1 fully saturated rings. The molecule has 3 heterocycles. The predicted molar refractivity (Wildman–Crippen MR) is 93.6 cm³/mol. The first-order valence-electron chi connectivity index (χ1n) is 8.90. The fraction of sp³-hybridized carbons (Fsp3) is 0.500. The topological polar surface area (TPSA) is 75.3 Å². The van der Waals surface area contributed by atoms with Crippen LogP contribution in [0.5, 0.6) is 0 Å². The first-order chi connectivity index (χ1) is 12.5. The third kappa shape index (κ3) is 2.95. The van der Waals surface area contributed by atoms with Crippen LogP contribution < -0.4 is 0 Å². The highest BCUT2D eigenvalue weighted by atomic mass is 32.2. The molecule has 6 nitrogen and oxygen atoms in total. The van der Waals surface area contributed by atoms with E-state index >= 15 is 0 Å². The van der Waals surface area contributed by atoms with E-state index in [0.717, 1.165) is 42.6 Å². The zero-order valence-electron chi connectivity index (χ0n) is 14.7. The van der Waals surface area contributed by atoms with Gasteiger partial charge in [0.2, 0.25) is 10.0 Å². The van der Waals surface area contributed by atoms with Crippen molar-refractivity contribution in [2.45, 2.75) is 50.2 Å². The van der Waals surface area contributed by atoms with Crippen LogP contribution in [0.4, 0.5) is 4.39 Å². The molecule has 1 N–H and O–H groups in total. The Kier molecular flexibility index (Phi) is 4.58. The summed E-state index contributed by atoms with van der Waals surface area (Å²) >= 11 is 0. The molecule has 26 heavy (non-hydrogen) atoms. The Labute approximate surface area is 152 Å². The molecule has 4 rings (SSSR count). The van der Waals surface area contributed by atoms with E-state index in [4.69, 9.17) is 4.74 Å². The molecule has 0 saturated carbocycles. The Morgan fingerprint density at radius 2 is 2.19 bits per heavy atom. The maximum atomic E-state index is 13.6. The zero-order chi connectivity index (χ0) is 18.3. The molecule has 8 heteroatoms. The van der Waals surface area contributed by atoms with Crippen LogP contribution in [0.2, 0.25) is 0 Å². The Morgan fingerprint density at radius 1 is 1.35 bits per heavy atom. The van der Waals surface area contributed by atoms with Crippen LogP contribution in [-0.4, -0.2) is 36.1 Å². The minimum atomic E-state index is -3.73. The van der Waals surface area contributed by atoms with Crippen LogP contribution in [0.25, 0.3) is 0 Å². The van der Waals surface area contributed by atoms with Gasteiger partial charge < -0.3 is 4.74 Å². The fourth-order valence-electron chi connectivity index (χ4n) is 3.79. The van der Waals surface area contributed by atoms with Crippen molar-refractivity contribution in [1.82, 2.24) is 14.5 Å². The second-order valence-corrected chi connectivity index (χ2v) is 8.80. The standard InChI is InChI=1S/C18H22FN3O3S/c1-12-10-13(5-6-15(12)19)26(23,24)22-8-3-2-4-17(22)18-14-11-25-9-7-16(14)20-21-18/h5-6,10,17H,2-4,7-9,11H2,1H3,(H,20,21). The number of sulfonamides is 1. The molecule has 2 aliphatic rings. The van der Waals surface area contributed by atoms with E-state index in [1.807, 2.05) is 0 Å². The van der Waals surface area contributed by atoms with E-state index in [0.29, 0.717) is 25.3 Å². The summed E-state index contributed by atoms with van der Waals surface area (Å²) in [6.07, 6.45) is 3.23. The molecule has 2 aliphatic heterocycles. The van der Waals surface area contributed by atoms with Gasteiger partial charge in [-0.15, -0.1) is 0 Å². The molecule has 1 aromatic heterocycles. The number of hydrogen-bond donors (Lipinski definition) is 1. The molecule has 1 unspecified atom stereocenters. The number of hydrogen-bond acceptors (Lipinski definition) is 4. The van der Waals surface area contributed by atoms with Crippen molar-refractivity contribution in [3.63, 3.8) is 0 Å². The minimum absolute atomic E-state index is 0.129. The average Bonchev–Trinajstić information content (AvgIpc) is 3.08. The van der Waals surface area contributed by atoms with Gasteiger partial charge in [-0.2, -0.15) is 9.40 Å². The summed E-state index contributed by atoms with van der Waals surface area (Å²) in [5, 5.41) is 7.49. The van der Waals surface area contributed by atoms with E-state index in [1.54, 1.807) is 6.92 Å². The van der Waals surface area contributed by atoms with E-state index in [2.05, 4.69) is 10.2 Å². The van der Waals surface area contributed by atoms with Crippen molar-refractivity contribution >= 4 is 10.0 Å². The summed E-state index contributed by atoms with van der Waals surface area (Å²) in [5.41, 5.74) is 3.11. The highest BCUT2D eigenvalue weighted by Gasteiger charge is 2.37. The van der Waals surface area contributed by atoms with Gasteiger partial charge >= 0.3 is 0 Å². The molecule has 0 amide bonds. The number of nitrogens with zero attached hydrogens (tertiary/aromatic N) is 2.